The second-order valence-electron chi connectivity index (χ2n) is 14.0. The van der Waals surface area contributed by atoms with Gasteiger partial charge in [0, 0.05) is 30.5 Å². The summed E-state index contributed by atoms with van der Waals surface area (Å²) in [6.07, 6.45) is 3.11. The Labute approximate surface area is 373 Å². The summed E-state index contributed by atoms with van der Waals surface area (Å²) in [6, 6.07) is 22.7. The molecule has 0 aliphatic carbocycles. The highest BCUT2D eigenvalue weighted by Crippen LogP contribution is 2.36. The predicted molar refractivity (Wildman–Crippen MR) is 231 cm³/mol. The molecule has 0 amide bonds. The van der Waals surface area contributed by atoms with E-state index in [0.717, 1.165) is 0 Å². The van der Waals surface area contributed by atoms with Crippen LogP contribution in [0, 0.1) is 0 Å². The molecular formula is C47H51F4N3O11. The van der Waals surface area contributed by atoms with Gasteiger partial charge in [0.15, 0.2) is 28.8 Å². The van der Waals surface area contributed by atoms with Crippen LogP contribution in [-0.2, 0) is 13.0 Å². The summed E-state index contributed by atoms with van der Waals surface area (Å²) in [6.45, 7) is 6.14. The van der Waals surface area contributed by atoms with Gasteiger partial charge in [0.1, 0.15) is 29.6 Å². The molecule has 2 aromatic heterocycles. The fraction of sp³-hybridized carbons (Fsp3) is 0.319. The molecule has 2 heterocycles. The molecule has 0 radical (unpaired) electrons. The van der Waals surface area contributed by atoms with Gasteiger partial charge < -0.3 is 48.1 Å². The minimum absolute atomic E-state index is 0.0342. The van der Waals surface area contributed by atoms with E-state index < -0.39 is 19.2 Å². The van der Waals surface area contributed by atoms with E-state index in [-0.39, 0.29) is 59.5 Å². The van der Waals surface area contributed by atoms with Crippen LogP contribution < -0.4 is 34.2 Å². The number of halogens is 4. The van der Waals surface area contributed by atoms with Gasteiger partial charge in [-0.1, -0.05) is 24.3 Å². The maximum atomic E-state index is 12.7. The molecule has 0 atom stereocenters. The fourth-order valence-electron chi connectivity index (χ4n) is 5.73. The molecule has 348 valence electrons. The molecule has 0 spiro atoms. The number of carbonyl (C=O) groups is 2. The number of carbonyl (C=O) groups excluding carboxylic acids is 1. The Morgan fingerprint density at radius 1 is 0.615 bits per heavy atom. The van der Waals surface area contributed by atoms with Gasteiger partial charge in [0.05, 0.1) is 42.4 Å². The number of hydrogen-bond donors (Lipinski definition) is 2. The van der Waals surface area contributed by atoms with Crippen LogP contribution in [0.1, 0.15) is 80.1 Å². The topological polar surface area (TPSA) is 188 Å². The van der Waals surface area contributed by atoms with Crippen LogP contribution in [0.3, 0.4) is 0 Å². The number of oxazole rings is 2. The van der Waals surface area contributed by atoms with Gasteiger partial charge in [0.2, 0.25) is 11.8 Å². The number of rotatable bonds is 20. The molecular weight excluding hydrogens is 859 g/mol. The first-order chi connectivity index (χ1) is 31.1. The Bertz CT molecular complexity index is 2420. The average Bonchev–Trinajstić information content (AvgIpc) is 3.95. The van der Waals surface area contributed by atoms with E-state index in [2.05, 4.69) is 19.4 Å². The third-order valence-corrected chi connectivity index (χ3v) is 8.36. The summed E-state index contributed by atoms with van der Waals surface area (Å²) >= 11 is 0. The number of alkyl halides is 4. The summed E-state index contributed by atoms with van der Waals surface area (Å²) in [5.74, 6) is 0.870. The summed E-state index contributed by atoms with van der Waals surface area (Å²) < 4.78 is 91.6. The lowest BCUT2D eigenvalue weighted by molar-refractivity contribution is -0.0524. The van der Waals surface area contributed by atoms with Gasteiger partial charge in [-0.15, -0.1) is 0 Å². The van der Waals surface area contributed by atoms with Crippen molar-refractivity contribution in [3.05, 3.63) is 120 Å². The highest BCUT2D eigenvalue weighted by molar-refractivity contribution is 5.98. The largest absolute Gasteiger partial charge is 0.493 e. The standard InChI is InChI=1S/C24H25F2NO5.C14H16F2N2O3.C9H10O3/c1-4-29-20-8-6-5-7-18(20)19(28)11-10-17-14-30-23(27-17)16-9-12-21(32-24(25)26)22(13-16)31-15(2)3;1-8(2)20-12-5-9(3-4-11(12)21-14(15)16)13-18-10(6-17)7-19-13;1-2-12-8-6-4-3-5-7(8)9(10)11/h5-9,12-15,24H,4,10-11H2,1-3H3;3-5,7-8,14H,6,17H2,1-2H3;3-6H,2H2,1H3,(H,10,11). The molecule has 0 bridgehead atoms. The van der Waals surface area contributed by atoms with E-state index in [1.165, 1.54) is 36.8 Å². The minimum Gasteiger partial charge on any atom is -0.493 e. The van der Waals surface area contributed by atoms with Crippen LogP contribution in [-0.4, -0.2) is 65.5 Å². The molecule has 65 heavy (non-hydrogen) atoms. The summed E-state index contributed by atoms with van der Waals surface area (Å²) in [5, 5.41) is 8.71. The first-order valence-electron chi connectivity index (χ1n) is 20.4. The number of ether oxygens (including phenoxy) is 6. The van der Waals surface area contributed by atoms with Crippen molar-refractivity contribution in [2.24, 2.45) is 5.73 Å². The maximum absolute atomic E-state index is 12.7. The van der Waals surface area contributed by atoms with Gasteiger partial charge in [-0.25, -0.2) is 14.8 Å². The van der Waals surface area contributed by atoms with E-state index in [1.807, 2.05) is 19.9 Å². The number of aryl methyl sites for hydroxylation is 1. The fourth-order valence-corrected chi connectivity index (χ4v) is 5.73. The third-order valence-electron chi connectivity index (χ3n) is 8.36. The highest BCUT2D eigenvalue weighted by Gasteiger charge is 2.19. The molecule has 0 fully saturated rings. The lowest BCUT2D eigenvalue weighted by Gasteiger charge is -2.15. The zero-order valence-corrected chi connectivity index (χ0v) is 36.6. The van der Waals surface area contributed by atoms with Crippen molar-refractivity contribution in [2.45, 2.75) is 86.4 Å². The molecule has 4 aromatic carbocycles. The SMILES string of the molecule is CC(C)Oc1cc(-c2nc(CN)co2)ccc1OC(F)F.CCOc1ccccc1C(=O)CCc1coc(-c2ccc(OC(F)F)c(OC(C)C)c2)n1.CCOc1ccccc1C(=O)O. The Morgan fingerprint density at radius 2 is 1.06 bits per heavy atom. The van der Waals surface area contributed by atoms with Crippen molar-refractivity contribution < 1.29 is 69.5 Å². The number of nitrogens with two attached hydrogens (primary N) is 1. The number of benzene rings is 4. The summed E-state index contributed by atoms with van der Waals surface area (Å²) in [4.78, 5) is 31.8. The first-order valence-corrected chi connectivity index (χ1v) is 20.4. The van der Waals surface area contributed by atoms with Crippen LogP contribution in [0.25, 0.3) is 22.9 Å². The number of carboxylic acid groups (broad SMARTS) is 1. The van der Waals surface area contributed by atoms with E-state index in [9.17, 15) is 27.2 Å². The molecule has 0 saturated carbocycles. The van der Waals surface area contributed by atoms with Gasteiger partial charge in [-0.2, -0.15) is 17.6 Å². The summed E-state index contributed by atoms with van der Waals surface area (Å²) in [7, 11) is 0. The van der Waals surface area contributed by atoms with Crippen molar-refractivity contribution >= 4 is 11.8 Å². The smallest absolute Gasteiger partial charge is 0.387 e. The van der Waals surface area contributed by atoms with Crippen molar-refractivity contribution in [1.29, 1.82) is 0 Å². The second kappa shape index (κ2) is 25.3. The maximum Gasteiger partial charge on any atom is 0.387 e. The third kappa shape index (κ3) is 15.9. The quantitative estimate of drug-likeness (QED) is 0.0544. The van der Waals surface area contributed by atoms with E-state index in [1.54, 1.807) is 82.3 Å². The number of ketones is 1. The zero-order chi connectivity index (χ0) is 47.5. The molecule has 18 heteroatoms. The van der Waals surface area contributed by atoms with Crippen LogP contribution in [0.15, 0.2) is 106 Å². The number of para-hydroxylation sites is 2. The zero-order valence-electron chi connectivity index (χ0n) is 36.6. The summed E-state index contributed by atoms with van der Waals surface area (Å²) in [5.41, 5.74) is 8.54. The molecule has 6 aromatic rings. The van der Waals surface area contributed by atoms with Crippen molar-refractivity contribution in [3.63, 3.8) is 0 Å². The highest BCUT2D eigenvalue weighted by atomic mass is 19.3. The number of aromatic nitrogens is 2. The normalized spacial score (nSPS) is 10.8. The lowest BCUT2D eigenvalue weighted by atomic mass is 10.0. The lowest BCUT2D eigenvalue weighted by Crippen LogP contribution is -2.09. The number of Topliss-reactive ketones (excluding diaryl/α,β-unsaturated/α-hetero) is 1. The van der Waals surface area contributed by atoms with Crippen LogP contribution >= 0.6 is 0 Å². The van der Waals surface area contributed by atoms with E-state index in [0.29, 0.717) is 71.0 Å². The van der Waals surface area contributed by atoms with Crippen molar-refractivity contribution in [2.75, 3.05) is 13.2 Å². The van der Waals surface area contributed by atoms with Gasteiger partial charge in [0.25, 0.3) is 0 Å². The average molecular weight is 910 g/mol. The Balaban J connectivity index is 0.000000239. The number of nitrogens with zero attached hydrogens (tertiary/aromatic N) is 2. The number of carboxylic acids is 1. The van der Waals surface area contributed by atoms with Gasteiger partial charge >= 0.3 is 19.2 Å². The first kappa shape index (κ1) is 50.6. The molecule has 0 unspecified atom stereocenters. The van der Waals surface area contributed by atoms with Crippen molar-refractivity contribution in [1.82, 2.24) is 9.97 Å². The number of hydrogen-bond acceptors (Lipinski definition) is 13. The van der Waals surface area contributed by atoms with Gasteiger partial charge in [-0.05, 0) is 102 Å². The molecule has 14 nitrogen and oxygen atoms in total. The van der Waals surface area contributed by atoms with Crippen molar-refractivity contribution in [3.8, 4) is 57.4 Å². The van der Waals surface area contributed by atoms with Gasteiger partial charge in [-0.3, -0.25) is 4.79 Å². The van der Waals surface area contributed by atoms with Crippen LogP contribution in [0.4, 0.5) is 17.6 Å². The Morgan fingerprint density at radius 3 is 1.49 bits per heavy atom. The Kier molecular flexibility index (Phi) is 19.7. The Hall–Kier alpha value is -7.08. The monoisotopic (exact) mass is 909 g/mol. The molecule has 6 rings (SSSR count). The molecule has 0 aliphatic rings. The van der Waals surface area contributed by atoms with Crippen LogP contribution in [0.2, 0.25) is 0 Å². The molecule has 3 N–H and O–H groups in total. The minimum atomic E-state index is -2.96. The number of aromatic carboxylic acids is 1. The molecule has 0 saturated heterocycles. The van der Waals surface area contributed by atoms with E-state index >= 15 is 0 Å². The van der Waals surface area contributed by atoms with Crippen LogP contribution in [0.5, 0.6) is 34.5 Å². The van der Waals surface area contributed by atoms with E-state index in [4.69, 9.17) is 38.6 Å². The second-order valence-corrected chi connectivity index (χ2v) is 14.0. The predicted octanol–water partition coefficient (Wildman–Crippen LogP) is 10.9. The molecule has 0 aliphatic heterocycles.